The van der Waals surface area contributed by atoms with Gasteiger partial charge in [0.25, 0.3) is 0 Å². The molecule has 0 N–H and O–H groups in total. The summed E-state index contributed by atoms with van der Waals surface area (Å²) in [5, 5.41) is 5.13. The first kappa shape index (κ1) is 11.6. The highest BCUT2D eigenvalue weighted by Crippen LogP contribution is 2.20. The number of aromatic nitrogens is 4. The molecular weight excluding hydrogens is 240 g/mol. The maximum atomic E-state index is 11.1. The molecule has 0 aliphatic carbocycles. The summed E-state index contributed by atoms with van der Waals surface area (Å²) < 4.78 is 3.89. The minimum Gasteiger partial charge on any atom is -0.339 e. The minimum absolute atomic E-state index is 0.613. The monoisotopic (exact) mass is 254 g/mol. The second kappa shape index (κ2) is 4.68. The zero-order valence-corrected chi connectivity index (χ0v) is 10.7. The van der Waals surface area contributed by atoms with Crippen LogP contribution in [-0.4, -0.2) is 25.6 Å². The number of fused-ring (bicyclic) bond motifs is 1. The Bertz CT molecular complexity index is 726. The van der Waals surface area contributed by atoms with E-state index in [-0.39, 0.29) is 0 Å². The van der Waals surface area contributed by atoms with Gasteiger partial charge in [-0.2, -0.15) is 5.10 Å². The van der Waals surface area contributed by atoms with Crippen LogP contribution in [0.2, 0.25) is 0 Å². The Labute approximate surface area is 110 Å². The normalized spacial score (nSPS) is 11.0. The van der Waals surface area contributed by atoms with Crippen molar-refractivity contribution < 1.29 is 4.79 Å². The van der Waals surface area contributed by atoms with Gasteiger partial charge in [-0.25, -0.2) is 9.67 Å². The fraction of sp³-hybridized carbons (Fsp3) is 0.214. The zero-order valence-electron chi connectivity index (χ0n) is 10.7. The van der Waals surface area contributed by atoms with Crippen molar-refractivity contribution in [2.24, 2.45) is 0 Å². The maximum Gasteiger partial charge on any atom is 0.152 e. The summed E-state index contributed by atoms with van der Waals surface area (Å²) in [6.07, 6.45) is 4.32. The highest BCUT2D eigenvalue weighted by molar-refractivity contribution is 5.97. The Kier molecular flexibility index (Phi) is 2.87. The lowest BCUT2D eigenvalue weighted by atomic mass is 10.2. The fourth-order valence-electron chi connectivity index (χ4n) is 2.33. The first-order valence-electron chi connectivity index (χ1n) is 6.23. The van der Waals surface area contributed by atoms with E-state index in [1.165, 1.54) is 0 Å². The number of para-hydroxylation sites is 1. The Morgan fingerprint density at radius 1 is 1.32 bits per heavy atom. The zero-order chi connectivity index (χ0) is 13.2. The van der Waals surface area contributed by atoms with Crippen LogP contribution in [0.25, 0.3) is 10.9 Å². The van der Waals surface area contributed by atoms with Crippen LogP contribution in [0, 0.1) is 0 Å². The van der Waals surface area contributed by atoms with E-state index in [4.69, 9.17) is 0 Å². The number of aldehydes is 1. The molecule has 0 spiro atoms. The molecule has 1 aromatic carbocycles. The van der Waals surface area contributed by atoms with Gasteiger partial charge in [0, 0.05) is 29.2 Å². The average Bonchev–Trinajstić information content (AvgIpc) is 3.04. The van der Waals surface area contributed by atoms with E-state index in [2.05, 4.69) is 10.1 Å². The SMILES string of the molecule is CCn1ncnc1Cn1cc(C=O)c2ccccc21. The van der Waals surface area contributed by atoms with Gasteiger partial charge in [0.15, 0.2) is 6.29 Å². The number of aryl methyl sites for hydroxylation is 1. The van der Waals surface area contributed by atoms with E-state index in [1.54, 1.807) is 6.33 Å². The molecule has 5 nitrogen and oxygen atoms in total. The lowest BCUT2D eigenvalue weighted by Gasteiger charge is -2.05. The summed E-state index contributed by atoms with van der Waals surface area (Å²) in [6, 6.07) is 7.88. The molecule has 0 aliphatic rings. The third-order valence-electron chi connectivity index (χ3n) is 3.25. The van der Waals surface area contributed by atoms with E-state index in [0.717, 1.165) is 29.6 Å². The van der Waals surface area contributed by atoms with Crippen LogP contribution in [0.4, 0.5) is 0 Å². The molecule has 0 fully saturated rings. The van der Waals surface area contributed by atoms with Gasteiger partial charge in [0.05, 0.1) is 6.54 Å². The Morgan fingerprint density at radius 3 is 2.95 bits per heavy atom. The molecule has 0 bridgehead atoms. The summed E-state index contributed by atoms with van der Waals surface area (Å²) in [4.78, 5) is 15.4. The molecular formula is C14H14N4O. The number of carbonyl (C=O) groups is 1. The minimum atomic E-state index is 0.613. The van der Waals surface area contributed by atoms with Crippen molar-refractivity contribution >= 4 is 17.2 Å². The molecule has 96 valence electrons. The Hall–Kier alpha value is -2.43. The molecule has 0 saturated carbocycles. The second-order valence-corrected chi connectivity index (χ2v) is 4.34. The van der Waals surface area contributed by atoms with Crippen LogP contribution in [0.5, 0.6) is 0 Å². The summed E-state index contributed by atoms with van der Waals surface area (Å²) in [6.45, 7) is 3.43. The van der Waals surface area contributed by atoms with Crippen molar-refractivity contribution in [1.82, 2.24) is 19.3 Å². The highest BCUT2D eigenvalue weighted by atomic mass is 16.1. The molecule has 2 aromatic heterocycles. The van der Waals surface area contributed by atoms with E-state index < -0.39 is 0 Å². The Morgan fingerprint density at radius 2 is 2.16 bits per heavy atom. The van der Waals surface area contributed by atoms with Crippen LogP contribution in [0.3, 0.4) is 0 Å². The van der Waals surface area contributed by atoms with Crippen LogP contribution in [0.1, 0.15) is 23.1 Å². The van der Waals surface area contributed by atoms with Crippen LogP contribution < -0.4 is 0 Å². The molecule has 5 heteroatoms. The molecule has 0 aliphatic heterocycles. The molecule has 0 amide bonds. The summed E-state index contributed by atoms with van der Waals surface area (Å²) >= 11 is 0. The van der Waals surface area contributed by atoms with Crippen molar-refractivity contribution in [1.29, 1.82) is 0 Å². The highest BCUT2D eigenvalue weighted by Gasteiger charge is 2.10. The van der Waals surface area contributed by atoms with E-state index >= 15 is 0 Å². The molecule has 19 heavy (non-hydrogen) atoms. The van der Waals surface area contributed by atoms with Gasteiger partial charge in [-0.1, -0.05) is 18.2 Å². The van der Waals surface area contributed by atoms with Gasteiger partial charge in [-0.3, -0.25) is 4.79 Å². The number of rotatable bonds is 4. The van der Waals surface area contributed by atoms with E-state index in [0.29, 0.717) is 12.1 Å². The topological polar surface area (TPSA) is 52.7 Å². The van der Waals surface area contributed by atoms with Crippen molar-refractivity contribution in [2.45, 2.75) is 20.0 Å². The number of nitrogens with zero attached hydrogens (tertiary/aromatic N) is 4. The average molecular weight is 254 g/mol. The van der Waals surface area contributed by atoms with Crippen LogP contribution >= 0.6 is 0 Å². The Balaban J connectivity index is 2.08. The second-order valence-electron chi connectivity index (χ2n) is 4.34. The standard InChI is InChI=1S/C14H14N4O/c1-2-18-14(15-10-16-18)8-17-7-11(9-19)12-5-3-4-6-13(12)17/h3-7,9-10H,2,8H2,1H3. The number of hydrogen-bond donors (Lipinski definition) is 0. The lowest BCUT2D eigenvalue weighted by Crippen LogP contribution is -2.08. The number of hydrogen-bond acceptors (Lipinski definition) is 3. The van der Waals surface area contributed by atoms with Gasteiger partial charge in [-0.05, 0) is 13.0 Å². The smallest absolute Gasteiger partial charge is 0.152 e. The van der Waals surface area contributed by atoms with Crippen molar-refractivity contribution in [3.05, 3.63) is 48.2 Å². The van der Waals surface area contributed by atoms with Gasteiger partial charge in [0.1, 0.15) is 12.2 Å². The van der Waals surface area contributed by atoms with Gasteiger partial charge in [-0.15, -0.1) is 0 Å². The van der Waals surface area contributed by atoms with Gasteiger partial charge >= 0.3 is 0 Å². The molecule has 3 aromatic rings. The molecule has 0 atom stereocenters. The molecule has 3 rings (SSSR count). The van der Waals surface area contributed by atoms with Crippen LogP contribution in [0.15, 0.2) is 36.8 Å². The third kappa shape index (κ3) is 1.93. The maximum absolute atomic E-state index is 11.1. The predicted octanol–water partition coefficient (Wildman–Crippen LogP) is 2.11. The third-order valence-corrected chi connectivity index (χ3v) is 3.25. The quantitative estimate of drug-likeness (QED) is 0.670. The molecule has 0 saturated heterocycles. The van der Waals surface area contributed by atoms with Crippen molar-refractivity contribution in [2.75, 3.05) is 0 Å². The predicted molar refractivity (Wildman–Crippen MR) is 72.1 cm³/mol. The van der Waals surface area contributed by atoms with Crippen LogP contribution in [-0.2, 0) is 13.1 Å². The summed E-state index contributed by atoms with van der Waals surface area (Å²) in [5.74, 6) is 0.890. The van der Waals surface area contributed by atoms with Crippen molar-refractivity contribution in [3.63, 3.8) is 0 Å². The summed E-state index contributed by atoms with van der Waals surface area (Å²) in [7, 11) is 0. The number of carbonyl (C=O) groups excluding carboxylic acids is 1. The number of benzene rings is 1. The first-order valence-corrected chi connectivity index (χ1v) is 6.23. The first-order chi connectivity index (χ1) is 9.33. The van der Waals surface area contributed by atoms with E-state index in [1.807, 2.05) is 46.6 Å². The molecule has 0 unspecified atom stereocenters. The molecule has 0 radical (unpaired) electrons. The van der Waals surface area contributed by atoms with E-state index in [9.17, 15) is 4.79 Å². The largest absolute Gasteiger partial charge is 0.339 e. The lowest BCUT2D eigenvalue weighted by molar-refractivity contribution is 0.112. The fourth-order valence-corrected chi connectivity index (χ4v) is 2.33. The summed E-state index contributed by atoms with van der Waals surface area (Å²) in [5.41, 5.74) is 1.74. The van der Waals surface area contributed by atoms with Crippen molar-refractivity contribution in [3.8, 4) is 0 Å². The molecule has 2 heterocycles. The van der Waals surface area contributed by atoms with Gasteiger partial charge in [0.2, 0.25) is 0 Å². The van der Waals surface area contributed by atoms with Gasteiger partial charge < -0.3 is 4.57 Å².